The second-order valence-electron chi connectivity index (χ2n) is 7.51. The molecule has 0 spiro atoms. The van der Waals surface area contributed by atoms with E-state index in [4.69, 9.17) is 5.26 Å². The number of alkyl halides is 2. The summed E-state index contributed by atoms with van der Waals surface area (Å²) in [5, 5.41) is 19.6. The maximum absolute atomic E-state index is 13.3. The van der Waals surface area contributed by atoms with Crippen molar-refractivity contribution in [1.29, 1.82) is 5.26 Å². The monoisotopic (exact) mass is 372 g/mol. The number of anilines is 1. The van der Waals surface area contributed by atoms with Gasteiger partial charge in [-0.2, -0.15) is 5.26 Å². The van der Waals surface area contributed by atoms with Gasteiger partial charge < -0.3 is 14.6 Å². The van der Waals surface area contributed by atoms with Crippen LogP contribution in [0.15, 0.2) is 43.0 Å². The van der Waals surface area contributed by atoms with Crippen LogP contribution >= 0.6 is 0 Å². The van der Waals surface area contributed by atoms with Crippen molar-refractivity contribution < 1.29 is 13.9 Å². The molecule has 2 aromatic rings. The molecule has 27 heavy (non-hydrogen) atoms. The summed E-state index contributed by atoms with van der Waals surface area (Å²) in [5.41, 5.74) is 0.729. The molecular formula is C20H22F2N4O. The first-order valence-electron chi connectivity index (χ1n) is 8.67. The number of benzene rings is 1. The van der Waals surface area contributed by atoms with E-state index in [1.165, 1.54) is 12.1 Å². The third-order valence-corrected chi connectivity index (χ3v) is 5.21. The average molecular weight is 372 g/mol. The minimum atomic E-state index is -2.72. The van der Waals surface area contributed by atoms with Gasteiger partial charge in [0.25, 0.3) is 6.43 Å². The highest BCUT2D eigenvalue weighted by Gasteiger charge is 2.39. The molecule has 1 aromatic heterocycles. The van der Waals surface area contributed by atoms with Gasteiger partial charge in [0.1, 0.15) is 0 Å². The highest BCUT2D eigenvalue weighted by molar-refractivity contribution is 5.59. The van der Waals surface area contributed by atoms with Gasteiger partial charge >= 0.3 is 0 Å². The van der Waals surface area contributed by atoms with Crippen LogP contribution in [0, 0.1) is 16.7 Å². The molecule has 0 bridgehead atoms. The lowest BCUT2D eigenvalue weighted by Crippen LogP contribution is -2.47. The molecule has 0 saturated carbocycles. The second kappa shape index (κ2) is 7.12. The normalized spacial score (nSPS) is 21.6. The molecule has 0 amide bonds. The fourth-order valence-corrected chi connectivity index (χ4v) is 3.74. The maximum atomic E-state index is 13.3. The highest BCUT2D eigenvalue weighted by Crippen LogP contribution is 2.41. The van der Waals surface area contributed by atoms with Gasteiger partial charge in [-0.15, -0.1) is 0 Å². The van der Waals surface area contributed by atoms with Crippen LogP contribution < -0.4 is 4.90 Å². The molecule has 1 N–H and O–H groups in total. The molecule has 0 fully saturated rings. The van der Waals surface area contributed by atoms with Gasteiger partial charge in [0.15, 0.2) is 0 Å². The number of rotatable bonds is 4. The first-order valence-corrected chi connectivity index (χ1v) is 8.67. The molecule has 1 aromatic carbocycles. The summed E-state index contributed by atoms with van der Waals surface area (Å²) in [6, 6.07) is 6.15. The zero-order valence-electron chi connectivity index (χ0n) is 15.5. The standard InChI is InChI=1S/C20H22F2N4O/c1-20(2)10-17(27)16(26-7-6-24-12-26)9-18(20)25(3)14-5-4-13(11-23)15(8-14)19(21)22/h4-9,12,17-19,27H,10H2,1-3H3. The Labute approximate surface area is 157 Å². The zero-order valence-corrected chi connectivity index (χ0v) is 15.5. The largest absolute Gasteiger partial charge is 0.387 e. The van der Waals surface area contributed by atoms with Gasteiger partial charge in [-0.1, -0.05) is 13.8 Å². The first kappa shape index (κ1) is 19.1. The van der Waals surface area contributed by atoms with Crippen molar-refractivity contribution >= 4 is 11.4 Å². The minimum absolute atomic E-state index is 0.0184. The lowest BCUT2D eigenvalue weighted by Gasteiger charge is -2.45. The fraction of sp³-hybridized carbons (Fsp3) is 0.400. The molecule has 1 heterocycles. The van der Waals surface area contributed by atoms with Crippen molar-refractivity contribution in [3.8, 4) is 6.07 Å². The molecule has 0 aliphatic heterocycles. The van der Waals surface area contributed by atoms with Crippen LogP contribution in [-0.4, -0.2) is 33.9 Å². The van der Waals surface area contributed by atoms with E-state index in [1.807, 2.05) is 37.9 Å². The fourth-order valence-electron chi connectivity index (χ4n) is 3.74. The van der Waals surface area contributed by atoms with E-state index >= 15 is 0 Å². The molecule has 7 heteroatoms. The number of imidazole rings is 1. The number of aliphatic hydroxyl groups is 1. The molecular weight excluding hydrogens is 350 g/mol. The Hall–Kier alpha value is -2.72. The lowest BCUT2D eigenvalue weighted by atomic mass is 9.73. The van der Waals surface area contributed by atoms with Crippen LogP contribution in [0.5, 0.6) is 0 Å². The van der Waals surface area contributed by atoms with E-state index in [0.717, 1.165) is 0 Å². The Balaban J connectivity index is 2.03. The van der Waals surface area contributed by atoms with Gasteiger partial charge in [-0.3, -0.25) is 0 Å². The van der Waals surface area contributed by atoms with E-state index in [0.29, 0.717) is 17.8 Å². The van der Waals surface area contributed by atoms with E-state index in [2.05, 4.69) is 4.98 Å². The quantitative estimate of drug-likeness (QED) is 0.886. The summed E-state index contributed by atoms with van der Waals surface area (Å²) in [5.74, 6) is 0. The summed E-state index contributed by atoms with van der Waals surface area (Å²) in [4.78, 5) is 5.94. The summed E-state index contributed by atoms with van der Waals surface area (Å²) < 4.78 is 28.4. The Morgan fingerprint density at radius 3 is 2.74 bits per heavy atom. The molecule has 2 unspecified atom stereocenters. The Morgan fingerprint density at radius 1 is 1.41 bits per heavy atom. The molecule has 1 aliphatic rings. The Morgan fingerprint density at radius 2 is 2.15 bits per heavy atom. The van der Waals surface area contributed by atoms with Crippen molar-refractivity contribution in [3.63, 3.8) is 0 Å². The van der Waals surface area contributed by atoms with Gasteiger partial charge in [0.05, 0.1) is 35.8 Å². The number of nitrogens with zero attached hydrogens (tertiary/aromatic N) is 4. The molecule has 5 nitrogen and oxygen atoms in total. The number of halogens is 2. The van der Waals surface area contributed by atoms with Crippen molar-refractivity contribution in [1.82, 2.24) is 9.55 Å². The molecule has 3 rings (SSSR count). The van der Waals surface area contributed by atoms with Crippen molar-refractivity contribution in [2.75, 3.05) is 11.9 Å². The predicted octanol–water partition coefficient (Wildman–Crippen LogP) is 3.83. The third-order valence-electron chi connectivity index (χ3n) is 5.21. The number of aliphatic hydroxyl groups excluding tert-OH is 1. The third kappa shape index (κ3) is 3.58. The maximum Gasteiger partial charge on any atom is 0.265 e. The summed E-state index contributed by atoms with van der Waals surface area (Å²) in [6.45, 7) is 4.08. The van der Waals surface area contributed by atoms with Crippen molar-refractivity contribution in [2.45, 2.75) is 38.8 Å². The van der Waals surface area contributed by atoms with Crippen LogP contribution in [-0.2, 0) is 0 Å². The number of nitriles is 1. The van der Waals surface area contributed by atoms with Crippen LogP contribution in [0.4, 0.5) is 14.5 Å². The van der Waals surface area contributed by atoms with Crippen molar-refractivity contribution in [3.05, 3.63) is 54.1 Å². The van der Waals surface area contributed by atoms with Crippen LogP contribution in [0.1, 0.15) is 37.8 Å². The number of likely N-dealkylation sites (N-methyl/N-ethyl adjacent to an activating group) is 1. The SMILES string of the molecule is CN(c1ccc(C#N)c(C(F)F)c1)C1C=C(n2ccnc2)C(O)CC1(C)C. The second-order valence-corrected chi connectivity index (χ2v) is 7.51. The first-order chi connectivity index (χ1) is 12.7. The van der Waals surface area contributed by atoms with Crippen LogP contribution in [0.25, 0.3) is 5.70 Å². The van der Waals surface area contributed by atoms with E-state index < -0.39 is 12.5 Å². The van der Waals surface area contributed by atoms with Gasteiger partial charge in [0, 0.05) is 30.7 Å². The van der Waals surface area contributed by atoms with E-state index in [1.54, 1.807) is 29.4 Å². The summed E-state index contributed by atoms with van der Waals surface area (Å²) in [6.07, 6.45) is 4.15. The van der Waals surface area contributed by atoms with Gasteiger partial charge in [0.2, 0.25) is 0 Å². The number of hydrogen-bond donors (Lipinski definition) is 1. The number of aromatic nitrogens is 2. The molecule has 2 atom stereocenters. The predicted molar refractivity (Wildman–Crippen MR) is 99.2 cm³/mol. The van der Waals surface area contributed by atoms with E-state index in [-0.39, 0.29) is 22.6 Å². The van der Waals surface area contributed by atoms with Crippen molar-refractivity contribution in [2.24, 2.45) is 5.41 Å². The molecule has 0 radical (unpaired) electrons. The zero-order chi connectivity index (χ0) is 19.8. The summed E-state index contributed by atoms with van der Waals surface area (Å²) >= 11 is 0. The molecule has 0 saturated heterocycles. The highest BCUT2D eigenvalue weighted by atomic mass is 19.3. The van der Waals surface area contributed by atoms with E-state index in [9.17, 15) is 13.9 Å². The van der Waals surface area contributed by atoms with Crippen LogP contribution in [0.3, 0.4) is 0 Å². The minimum Gasteiger partial charge on any atom is -0.387 e. The topological polar surface area (TPSA) is 65.1 Å². The van der Waals surface area contributed by atoms with Crippen LogP contribution in [0.2, 0.25) is 0 Å². The smallest absolute Gasteiger partial charge is 0.265 e. The Kier molecular flexibility index (Phi) is 5.03. The van der Waals surface area contributed by atoms with Gasteiger partial charge in [-0.05, 0) is 36.1 Å². The average Bonchev–Trinajstić information content (AvgIpc) is 3.14. The number of hydrogen-bond acceptors (Lipinski definition) is 4. The van der Waals surface area contributed by atoms with Gasteiger partial charge in [-0.25, -0.2) is 13.8 Å². The molecule has 1 aliphatic carbocycles. The Bertz CT molecular complexity index is 884. The molecule has 142 valence electrons. The summed E-state index contributed by atoms with van der Waals surface area (Å²) in [7, 11) is 1.84. The lowest BCUT2D eigenvalue weighted by molar-refractivity contribution is 0.134.